The van der Waals surface area contributed by atoms with Gasteiger partial charge in [0.05, 0.1) is 13.2 Å². The lowest BCUT2D eigenvalue weighted by Gasteiger charge is -2.19. The molecule has 0 aromatic heterocycles. The minimum atomic E-state index is -0.783. The molecule has 4 nitrogen and oxygen atoms in total. The zero-order valence-electron chi connectivity index (χ0n) is 9.91. The molecule has 0 saturated heterocycles. The van der Waals surface area contributed by atoms with E-state index in [0.29, 0.717) is 0 Å². The smallest absolute Gasteiger partial charge is 0.320 e. The Morgan fingerprint density at radius 2 is 1.40 bits per heavy atom. The summed E-state index contributed by atoms with van der Waals surface area (Å²) in [5.41, 5.74) is 0. The molecule has 0 N–H and O–H groups in total. The van der Waals surface area contributed by atoms with Gasteiger partial charge in [-0.05, 0) is 19.8 Å². The Kier molecular flexibility index (Phi) is 6.75. The average Bonchev–Trinajstić information content (AvgIpc) is 2.18. The summed E-state index contributed by atoms with van der Waals surface area (Å²) in [5, 5.41) is 0. The fourth-order valence-corrected chi connectivity index (χ4v) is 1.26. The molecule has 15 heavy (non-hydrogen) atoms. The van der Waals surface area contributed by atoms with Gasteiger partial charge in [0, 0.05) is 0 Å². The maximum Gasteiger partial charge on any atom is 0.320 e. The molecule has 0 heterocycles. The standard InChI is InChI=1S/C11H20O4/c1-5-8(4)9(10(12)14-6-2)11(13)15-7-3/h8-9H,5-7H2,1-4H3. The Bertz CT molecular complexity index is 195. The number of hydrogen-bond acceptors (Lipinski definition) is 4. The lowest BCUT2D eigenvalue weighted by Crippen LogP contribution is -2.33. The summed E-state index contributed by atoms with van der Waals surface area (Å²) < 4.78 is 9.71. The van der Waals surface area contributed by atoms with E-state index in [-0.39, 0.29) is 19.1 Å². The Balaban J connectivity index is 4.56. The molecule has 0 radical (unpaired) electrons. The van der Waals surface area contributed by atoms with Gasteiger partial charge in [0.2, 0.25) is 0 Å². The van der Waals surface area contributed by atoms with E-state index < -0.39 is 17.9 Å². The molecule has 1 unspecified atom stereocenters. The van der Waals surface area contributed by atoms with Crippen molar-refractivity contribution in [1.82, 2.24) is 0 Å². The number of carbonyl (C=O) groups is 2. The minimum Gasteiger partial charge on any atom is -0.465 e. The summed E-state index contributed by atoms with van der Waals surface area (Å²) >= 11 is 0. The van der Waals surface area contributed by atoms with E-state index in [1.54, 1.807) is 13.8 Å². The SMILES string of the molecule is CCOC(=O)C(C(=O)OCC)C(C)CC. The maximum atomic E-state index is 11.5. The van der Waals surface area contributed by atoms with E-state index in [2.05, 4.69) is 0 Å². The largest absolute Gasteiger partial charge is 0.465 e. The normalized spacial score (nSPS) is 12.3. The van der Waals surface area contributed by atoms with Crippen LogP contribution in [0.1, 0.15) is 34.1 Å². The summed E-state index contributed by atoms with van der Waals surface area (Å²) in [4.78, 5) is 23.1. The van der Waals surface area contributed by atoms with Crippen molar-refractivity contribution >= 4 is 11.9 Å². The van der Waals surface area contributed by atoms with Crippen LogP contribution in [0, 0.1) is 11.8 Å². The number of ether oxygens (including phenoxy) is 2. The van der Waals surface area contributed by atoms with Crippen molar-refractivity contribution in [2.75, 3.05) is 13.2 Å². The molecule has 1 atom stereocenters. The molecule has 4 heteroatoms. The maximum absolute atomic E-state index is 11.5. The lowest BCUT2D eigenvalue weighted by atomic mass is 9.92. The number of rotatable bonds is 6. The predicted molar refractivity (Wildman–Crippen MR) is 56.2 cm³/mol. The fourth-order valence-electron chi connectivity index (χ4n) is 1.26. The third-order valence-corrected chi connectivity index (χ3v) is 2.29. The van der Waals surface area contributed by atoms with E-state index in [1.807, 2.05) is 13.8 Å². The van der Waals surface area contributed by atoms with Crippen molar-refractivity contribution in [1.29, 1.82) is 0 Å². The van der Waals surface area contributed by atoms with E-state index in [1.165, 1.54) is 0 Å². The molecule has 0 saturated carbocycles. The van der Waals surface area contributed by atoms with E-state index in [9.17, 15) is 9.59 Å². The van der Waals surface area contributed by atoms with E-state index in [4.69, 9.17) is 9.47 Å². The van der Waals surface area contributed by atoms with Crippen LogP contribution >= 0.6 is 0 Å². The molecule has 0 aliphatic carbocycles. The Labute approximate surface area is 90.9 Å². The highest BCUT2D eigenvalue weighted by Gasteiger charge is 2.33. The second-order valence-electron chi connectivity index (χ2n) is 3.37. The second kappa shape index (κ2) is 7.26. The topological polar surface area (TPSA) is 52.6 Å². The van der Waals surface area contributed by atoms with Crippen LogP contribution in [0.15, 0.2) is 0 Å². The molecule has 0 spiro atoms. The van der Waals surface area contributed by atoms with Crippen molar-refractivity contribution in [3.05, 3.63) is 0 Å². The van der Waals surface area contributed by atoms with Crippen molar-refractivity contribution in [3.63, 3.8) is 0 Å². The molecule has 0 aliphatic rings. The third-order valence-electron chi connectivity index (χ3n) is 2.29. The first-order valence-electron chi connectivity index (χ1n) is 5.41. The molecule has 0 aliphatic heterocycles. The van der Waals surface area contributed by atoms with Crippen LogP contribution in [-0.2, 0) is 19.1 Å². The van der Waals surface area contributed by atoms with Gasteiger partial charge in [0.15, 0.2) is 5.92 Å². The van der Waals surface area contributed by atoms with Crippen molar-refractivity contribution in [3.8, 4) is 0 Å². The zero-order valence-corrected chi connectivity index (χ0v) is 9.91. The molecule has 0 aromatic carbocycles. The minimum absolute atomic E-state index is 0.0527. The number of esters is 2. The van der Waals surface area contributed by atoms with Crippen LogP contribution in [-0.4, -0.2) is 25.2 Å². The highest BCUT2D eigenvalue weighted by molar-refractivity contribution is 5.95. The van der Waals surface area contributed by atoms with Crippen molar-refractivity contribution in [2.45, 2.75) is 34.1 Å². The highest BCUT2D eigenvalue weighted by atomic mass is 16.6. The van der Waals surface area contributed by atoms with Gasteiger partial charge in [-0.15, -0.1) is 0 Å². The molecule has 0 amide bonds. The molecule has 0 fully saturated rings. The van der Waals surface area contributed by atoms with Gasteiger partial charge in [0.1, 0.15) is 0 Å². The van der Waals surface area contributed by atoms with E-state index >= 15 is 0 Å². The molecular formula is C11H20O4. The molecule has 88 valence electrons. The average molecular weight is 216 g/mol. The van der Waals surface area contributed by atoms with Crippen LogP contribution in [0.25, 0.3) is 0 Å². The zero-order chi connectivity index (χ0) is 11.8. The quantitative estimate of drug-likeness (QED) is 0.501. The van der Waals surface area contributed by atoms with Crippen LogP contribution in [0.2, 0.25) is 0 Å². The first-order valence-corrected chi connectivity index (χ1v) is 5.41. The lowest BCUT2D eigenvalue weighted by molar-refractivity contribution is -0.164. The Hall–Kier alpha value is -1.06. The summed E-state index contributed by atoms with van der Waals surface area (Å²) in [6.45, 7) is 7.78. The molecule has 0 rings (SSSR count). The summed E-state index contributed by atoms with van der Waals surface area (Å²) in [5.74, 6) is -1.80. The number of hydrogen-bond donors (Lipinski definition) is 0. The predicted octanol–water partition coefficient (Wildman–Crippen LogP) is 1.77. The van der Waals surface area contributed by atoms with Gasteiger partial charge in [-0.3, -0.25) is 9.59 Å². The first-order chi connectivity index (χ1) is 7.08. The second-order valence-corrected chi connectivity index (χ2v) is 3.37. The Morgan fingerprint density at radius 3 is 1.67 bits per heavy atom. The van der Waals surface area contributed by atoms with Crippen LogP contribution in [0.5, 0.6) is 0 Å². The van der Waals surface area contributed by atoms with Gasteiger partial charge < -0.3 is 9.47 Å². The van der Waals surface area contributed by atoms with Crippen LogP contribution in [0.3, 0.4) is 0 Å². The third kappa shape index (κ3) is 4.32. The summed E-state index contributed by atoms with van der Waals surface area (Å²) in [6.07, 6.45) is 0.738. The van der Waals surface area contributed by atoms with E-state index in [0.717, 1.165) is 6.42 Å². The number of carbonyl (C=O) groups excluding carboxylic acids is 2. The van der Waals surface area contributed by atoms with Crippen LogP contribution < -0.4 is 0 Å². The molecular weight excluding hydrogens is 196 g/mol. The first kappa shape index (κ1) is 13.9. The molecule has 0 aromatic rings. The summed E-state index contributed by atoms with van der Waals surface area (Å²) in [7, 11) is 0. The van der Waals surface area contributed by atoms with Gasteiger partial charge >= 0.3 is 11.9 Å². The van der Waals surface area contributed by atoms with Gasteiger partial charge in [-0.2, -0.15) is 0 Å². The van der Waals surface area contributed by atoms with Crippen molar-refractivity contribution < 1.29 is 19.1 Å². The fraction of sp³-hybridized carbons (Fsp3) is 0.818. The van der Waals surface area contributed by atoms with Gasteiger partial charge in [0.25, 0.3) is 0 Å². The molecule has 0 bridgehead atoms. The van der Waals surface area contributed by atoms with Crippen LogP contribution in [0.4, 0.5) is 0 Å². The highest BCUT2D eigenvalue weighted by Crippen LogP contribution is 2.18. The van der Waals surface area contributed by atoms with Crippen molar-refractivity contribution in [2.24, 2.45) is 11.8 Å². The summed E-state index contributed by atoms with van der Waals surface area (Å²) in [6, 6.07) is 0. The van der Waals surface area contributed by atoms with Gasteiger partial charge in [-0.1, -0.05) is 20.3 Å². The monoisotopic (exact) mass is 216 g/mol. The van der Waals surface area contributed by atoms with Gasteiger partial charge in [-0.25, -0.2) is 0 Å². The Morgan fingerprint density at radius 1 is 1.00 bits per heavy atom.